The van der Waals surface area contributed by atoms with E-state index < -0.39 is 0 Å². The number of rotatable bonds is 4. The van der Waals surface area contributed by atoms with Crippen molar-refractivity contribution in [2.45, 2.75) is 18.5 Å². The first kappa shape index (κ1) is 15.7. The van der Waals surface area contributed by atoms with Gasteiger partial charge in [-0.15, -0.1) is 0 Å². The Kier molecular flexibility index (Phi) is 6.34. The first-order valence-electron chi connectivity index (χ1n) is 5.13. The molecule has 0 amide bonds. The average Bonchev–Trinajstić information content (AvgIpc) is 2.16. The second kappa shape index (κ2) is 6.45. The molecule has 1 N–H and O–H groups in total. The maximum absolute atomic E-state index is 9.41. The molecule has 0 fully saturated rings. The maximum Gasteiger partial charge on any atom is 0.190 e. The molecule has 0 heterocycles. The molecule has 0 saturated heterocycles. The highest BCUT2D eigenvalue weighted by Gasteiger charge is 2.28. The number of halogens is 2. The monoisotopic (exact) mass is 263 g/mol. The van der Waals surface area contributed by atoms with Crippen LogP contribution in [-0.4, -0.2) is 36.3 Å². The molecule has 16 heavy (non-hydrogen) atoms. The molecule has 0 aliphatic heterocycles. The van der Waals surface area contributed by atoms with Gasteiger partial charge in [0.2, 0.25) is 0 Å². The number of quaternary nitrogens is 1. The second-order valence-corrected chi connectivity index (χ2v) is 4.97. The van der Waals surface area contributed by atoms with Crippen LogP contribution in [0.4, 0.5) is 0 Å². The quantitative estimate of drug-likeness (QED) is 0.437. The van der Waals surface area contributed by atoms with E-state index in [1.165, 1.54) is 0 Å². The van der Waals surface area contributed by atoms with Gasteiger partial charge in [-0.3, -0.25) is 0 Å². The second-order valence-electron chi connectivity index (χ2n) is 4.56. The summed E-state index contributed by atoms with van der Waals surface area (Å²) < 4.78 is 0.573. The van der Waals surface area contributed by atoms with Gasteiger partial charge in [0.05, 0.1) is 14.1 Å². The van der Waals surface area contributed by atoms with Gasteiger partial charge < -0.3 is 22.0 Å². The zero-order chi connectivity index (χ0) is 11.5. The molecule has 0 aliphatic carbocycles. The number of alkyl halides is 1. The first-order chi connectivity index (χ1) is 6.93. The van der Waals surface area contributed by atoms with Crippen LogP contribution in [0, 0.1) is 0 Å². The summed E-state index contributed by atoms with van der Waals surface area (Å²) in [6, 6.07) is 9.96. The summed E-state index contributed by atoms with van der Waals surface area (Å²) in [5.41, 5.74) is 0.964. The van der Waals surface area contributed by atoms with Crippen molar-refractivity contribution in [1.29, 1.82) is 0 Å². The van der Waals surface area contributed by atoms with Crippen LogP contribution in [0.15, 0.2) is 30.3 Å². The number of hydrogen-bond acceptors (Lipinski definition) is 1. The topological polar surface area (TPSA) is 20.2 Å². The SMILES string of the molecule is CC(O)C[N+](C)(C)C(Cl)c1ccccc1.[Cl-]. The molecular weight excluding hydrogens is 245 g/mol. The van der Waals surface area contributed by atoms with Crippen LogP contribution >= 0.6 is 11.6 Å². The minimum absolute atomic E-state index is 0. The highest BCUT2D eigenvalue weighted by atomic mass is 35.5. The Hall–Kier alpha value is -0.280. The summed E-state index contributed by atoms with van der Waals surface area (Å²) in [5.74, 6) is 0. The average molecular weight is 264 g/mol. The van der Waals surface area contributed by atoms with Crippen molar-refractivity contribution < 1.29 is 22.0 Å². The molecule has 1 aromatic rings. The minimum Gasteiger partial charge on any atom is -1.00 e. The summed E-state index contributed by atoms with van der Waals surface area (Å²) in [4.78, 5) is 0. The van der Waals surface area contributed by atoms with Gasteiger partial charge in [0.15, 0.2) is 5.50 Å². The van der Waals surface area contributed by atoms with Crippen molar-refractivity contribution in [3.8, 4) is 0 Å². The lowest BCUT2D eigenvalue weighted by atomic mass is 10.2. The molecule has 0 spiro atoms. The van der Waals surface area contributed by atoms with Gasteiger partial charge >= 0.3 is 0 Å². The largest absolute Gasteiger partial charge is 1.00 e. The molecule has 92 valence electrons. The van der Waals surface area contributed by atoms with Gasteiger partial charge in [-0.05, 0) is 6.92 Å². The Morgan fingerprint density at radius 1 is 1.25 bits per heavy atom. The molecule has 0 radical (unpaired) electrons. The van der Waals surface area contributed by atoms with Crippen LogP contribution in [0.3, 0.4) is 0 Å². The van der Waals surface area contributed by atoms with Crippen LogP contribution < -0.4 is 12.4 Å². The van der Waals surface area contributed by atoms with Gasteiger partial charge in [0.25, 0.3) is 0 Å². The lowest BCUT2D eigenvalue weighted by Gasteiger charge is -2.35. The summed E-state index contributed by atoms with van der Waals surface area (Å²) in [5, 5.41) is 9.41. The van der Waals surface area contributed by atoms with Gasteiger partial charge in [-0.1, -0.05) is 41.9 Å². The zero-order valence-corrected chi connectivity index (χ0v) is 11.4. The maximum atomic E-state index is 9.41. The van der Waals surface area contributed by atoms with Crippen LogP contribution in [0.2, 0.25) is 0 Å². The van der Waals surface area contributed by atoms with Crippen molar-refractivity contribution >= 4 is 11.6 Å². The Morgan fingerprint density at radius 2 is 1.75 bits per heavy atom. The molecule has 2 unspecified atom stereocenters. The van der Waals surface area contributed by atoms with Crippen molar-refractivity contribution in [2.24, 2.45) is 0 Å². The van der Waals surface area contributed by atoms with Crippen LogP contribution in [0.1, 0.15) is 18.0 Å². The highest BCUT2D eigenvalue weighted by Crippen LogP contribution is 2.28. The lowest BCUT2D eigenvalue weighted by Crippen LogP contribution is -3.00. The number of nitrogens with zero attached hydrogens (tertiary/aromatic N) is 1. The van der Waals surface area contributed by atoms with E-state index in [9.17, 15) is 5.11 Å². The van der Waals surface area contributed by atoms with E-state index in [-0.39, 0.29) is 24.0 Å². The van der Waals surface area contributed by atoms with E-state index in [1.807, 2.05) is 44.4 Å². The van der Waals surface area contributed by atoms with E-state index in [4.69, 9.17) is 11.6 Å². The highest BCUT2D eigenvalue weighted by molar-refractivity contribution is 6.19. The molecule has 0 bridgehead atoms. The Morgan fingerprint density at radius 3 is 2.19 bits per heavy atom. The number of aliphatic hydroxyl groups is 1. The first-order valence-corrected chi connectivity index (χ1v) is 5.57. The molecule has 2 nitrogen and oxygen atoms in total. The van der Waals surface area contributed by atoms with Crippen LogP contribution in [-0.2, 0) is 0 Å². The van der Waals surface area contributed by atoms with E-state index in [2.05, 4.69) is 0 Å². The number of aliphatic hydroxyl groups excluding tert-OH is 1. The van der Waals surface area contributed by atoms with E-state index in [0.29, 0.717) is 11.0 Å². The smallest absolute Gasteiger partial charge is 0.190 e. The fraction of sp³-hybridized carbons (Fsp3) is 0.500. The Balaban J connectivity index is 0.00000225. The van der Waals surface area contributed by atoms with Crippen molar-refractivity contribution in [3.05, 3.63) is 35.9 Å². The van der Waals surface area contributed by atoms with Gasteiger partial charge in [-0.25, -0.2) is 0 Å². The Labute approximate surface area is 109 Å². The fourth-order valence-corrected chi connectivity index (χ4v) is 2.01. The molecule has 0 aromatic heterocycles. The molecule has 4 heteroatoms. The standard InChI is InChI=1S/C12H19ClNO.ClH/c1-10(15)9-14(2,3)12(13)11-7-5-4-6-8-11;/h4-8,10,12,15H,9H2,1-3H3;1H/q+1;/p-1. The third-order valence-electron chi connectivity index (χ3n) is 2.42. The number of likely N-dealkylation sites (N-methyl/N-ethyl adjacent to an activating group) is 1. The van der Waals surface area contributed by atoms with Crippen LogP contribution in [0.5, 0.6) is 0 Å². The third kappa shape index (κ3) is 4.30. The Bertz CT molecular complexity index is 301. The molecular formula is C12H19Cl2NO. The van der Waals surface area contributed by atoms with Gasteiger partial charge in [0, 0.05) is 5.56 Å². The summed E-state index contributed by atoms with van der Waals surface area (Å²) >= 11 is 6.40. The third-order valence-corrected chi connectivity index (χ3v) is 3.20. The lowest BCUT2D eigenvalue weighted by molar-refractivity contribution is -0.910. The molecule has 0 aliphatic rings. The molecule has 1 aromatic carbocycles. The summed E-state index contributed by atoms with van der Waals surface area (Å²) in [6.07, 6.45) is -0.343. The predicted octanol–water partition coefficient (Wildman–Crippen LogP) is -0.615. The number of benzene rings is 1. The van der Waals surface area contributed by atoms with Crippen LogP contribution in [0.25, 0.3) is 0 Å². The van der Waals surface area contributed by atoms with Gasteiger partial charge in [-0.2, -0.15) is 0 Å². The molecule has 0 saturated carbocycles. The summed E-state index contributed by atoms with van der Waals surface area (Å²) in [6.45, 7) is 2.43. The van der Waals surface area contributed by atoms with Crippen molar-refractivity contribution in [2.75, 3.05) is 20.6 Å². The van der Waals surface area contributed by atoms with E-state index >= 15 is 0 Å². The predicted molar refractivity (Wildman–Crippen MR) is 63.7 cm³/mol. The number of hydrogen-bond donors (Lipinski definition) is 1. The summed E-state index contributed by atoms with van der Waals surface area (Å²) in [7, 11) is 4.05. The van der Waals surface area contributed by atoms with Crippen molar-refractivity contribution in [1.82, 2.24) is 0 Å². The zero-order valence-electron chi connectivity index (χ0n) is 9.90. The molecule has 2 atom stereocenters. The van der Waals surface area contributed by atoms with E-state index in [1.54, 1.807) is 6.92 Å². The normalized spacial score (nSPS) is 15.1. The fourth-order valence-electron chi connectivity index (χ4n) is 1.79. The van der Waals surface area contributed by atoms with Gasteiger partial charge in [0.1, 0.15) is 12.6 Å². The minimum atomic E-state index is -0.343. The van der Waals surface area contributed by atoms with E-state index in [0.717, 1.165) is 5.56 Å². The van der Waals surface area contributed by atoms with Crippen molar-refractivity contribution in [3.63, 3.8) is 0 Å². The molecule has 1 rings (SSSR count).